The van der Waals surface area contributed by atoms with Gasteiger partial charge in [-0.2, -0.15) is 0 Å². The molecule has 0 unspecified atom stereocenters. The van der Waals surface area contributed by atoms with Crippen LogP contribution in [0, 0.1) is 0 Å². The lowest BCUT2D eigenvalue weighted by Gasteiger charge is -2.41. The van der Waals surface area contributed by atoms with Crippen molar-refractivity contribution in [1.82, 2.24) is 5.32 Å². The second-order valence-corrected chi connectivity index (χ2v) is 3.46. The molecule has 5 heteroatoms. The first-order valence-corrected chi connectivity index (χ1v) is 4.31. The first-order valence-electron chi connectivity index (χ1n) is 4.31. The fraction of sp³-hybridized carbons (Fsp3) is 0.750. The molecule has 0 spiro atoms. The van der Waals surface area contributed by atoms with Gasteiger partial charge in [0.25, 0.3) is 0 Å². The van der Waals surface area contributed by atoms with Crippen LogP contribution in [-0.2, 0) is 9.59 Å². The second kappa shape index (κ2) is 3.74. The average molecular weight is 186 g/mol. The Balaban J connectivity index is 2.49. The van der Waals surface area contributed by atoms with Crippen molar-refractivity contribution in [2.24, 2.45) is 5.73 Å². The molecule has 1 aliphatic carbocycles. The molecule has 0 aromatic heterocycles. The minimum absolute atomic E-state index is 0.00125. The van der Waals surface area contributed by atoms with Crippen LogP contribution in [0.4, 0.5) is 0 Å². The van der Waals surface area contributed by atoms with Gasteiger partial charge >= 0.3 is 5.97 Å². The predicted molar refractivity (Wildman–Crippen MR) is 46.0 cm³/mol. The number of nitrogens with one attached hydrogen (secondary N) is 1. The fourth-order valence-electron chi connectivity index (χ4n) is 1.59. The van der Waals surface area contributed by atoms with E-state index in [-0.39, 0.29) is 18.9 Å². The van der Waals surface area contributed by atoms with E-state index in [9.17, 15) is 9.59 Å². The van der Waals surface area contributed by atoms with Crippen LogP contribution in [0.1, 0.15) is 25.7 Å². The quantitative estimate of drug-likeness (QED) is 0.549. The van der Waals surface area contributed by atoms with Gasteiger partial charge in [-0.05, 0) is 19.3 Å². The molecule has 1 rings (SSSR count). The van der Waals surface area contributed by atoms with Crippen molar-refractivity contribution in [2.75, 3.05) is 6.54 Å². The van der Waals surface area contributed by atoms with Crippen LogP contribution in [0.5, 0.6) is 0 Å². The summed E-state index contributed by atoms with van der Waals surface area (Å²) in [5.41, 5.74) is 4.62. The molecule has 1 saturated carbocycles. The van der Waals surface area contributed by atoms with E-state index in [1.54, 1.807) is 0 Å². The first kappa shape index (κ1) is 9.98. The molecule has 1 fully saturated rings. The van der Waals surface area contributed by atoms with E-state index in [2.05, 4.69) is 5.32 Å². The number of carboxylic acids is 1. The number of hydrogen-bond acceptors (Lipinski definition) is 3. The number of rotatable bonds is 4. The van der Waals surface area contributed by atoms with Gasteiger partial charge in [0.1, 0.15) is 0 Å². The minimum atomic E-state index is -0.878. The van der Waals surface area contributed by atoms with Gasteiger partial charge in [0, 0.05) is 0 Å². The number of carboxylic acid groups (broad SMARTS) is 1. The van der Waals surface area contributed by atoms with Crippen LogP contribution in [0.15, 0.2) is 0 Å². The van der Waals surface area contributed by atoms with Gasteiger partial charge in [0.05, 0.1) is 18.5 Å². The summed E-state index contributed by atoms with van der Waals surface area (Å²) in [7, 11) is 0. The lowest BCUT2D eigenvalue weighted by Crippen LogP contribution is -2.56. The Kier molecular flexibility index (Phi) is 2.87. The monoisotopic (exact) mass is 186 g/mol. The van der Waals surface area contributed by atoms with Crippen molar-refractivity contribution in [2.45, 2.75) is 31.2 Å². The maximum atomic E-state index is 11.0. The van der Waals surface area contributed by atoms with E-state index >= 15 is 0 Å². The summed E-state index contributed by atoms with van der Waals surface area (Å²) in [5, 5.41) is 11.3. The minimum Gasteiger partial charge on any atom is -0.481 e. The van der Waals surface area contributed by atoms with Gasteiger partial charge < -0.3 is 16.2 Å². The van der Waals surface area contributed by atoms with Gasteiger partial charge in [-0.1, -0.05) is 0 Å². The molecule has 0 aromatic carbocycles. The summed E-state index contributed by atoms with van der Waals surface area (Å²) < 4.78 is 0. The summed E-state index contributed by atoms with van der Waals surface area (Å²) >= 11 is 0. The smallest absolute Gasteiger partial charge is 0.305 e. The normalized spacial score (nSPS) is 18.8. The van der Waals surface area contributed by atoms with Crippen LogP contribution in [0.25, 0.3) is 0 Å². The molecule has 1 aliphatic rings. The van der Waals surface area contributed by atoms with E-state index < -0.39 is 11.5 Å². The number of amides is 1. The van der Waals surface area contributed by atoms with E-state index in [1.165, 1.54) is 0 Å². The third kappa shape index (κ3) is 2.42. The van der Waals surface area contributed by atoms with Gasteiger partial charge in [0.15, 0.2) is 0 Å². The van der Waals surface area contributed by atoms with Crippen LogP contribution in [0.3, 0.4) is 0 Å². The van der Waals surface area contributed by atoms with Gasteiger partial charge in [-0.3, -0.25) is 9.59 Å². The Bertz CT molecular complexity index is 223. The summed E-state index contributed by atoms with van der Waals surface area (Å²) in [5.74, 6) is -1.15. The maximum absolute atomic E-state index is 11.0. The molecular weight excluding hydrogens is 172 g/mol. The van der Waals surface area contributed by atoms with Gasteiger partial charge in [-0.15, -0.1) is 0 Å². The Morgan fingerprint density at radius 2 is 2.08 bits per heavy atom. The Morgan fingerprint density at radius 1 is 1.46 bits per heavy atom. The molecule has 0 heterocycles. The number of nitrogens with two attached hydrogens (primary N) is 1. The zero-order chi connectivity index (χ0) is 9.90. The molecule has 5 nitrogen and oxygen atoms in total. The van der Waals surface area contributed by atoms with Crippen molar-refractivity contribution in [3.8, 4) is 0 Å². The van der Waals surface area contributed by atoms with Gasteiger partial charge in [0.2, 0.25) is 5.91 Å². The highest BCUT2D eigenvalue weighted by atomic mass is 16.4. The van der Waals surface area contributed by atoms with Gasteiger partial charge in [-0.25, -0.2) is 0 Å². The summed E-state index contributed by atoms with van der Waals surface area (Å²) in [6, 6.07) is 0. The van der Waals surface area contributed by atoms with E-state index in [1.807, 2.05) is 0 Å². The molecule has 0 radical (unpaired) electrons. The summed E-state index contributed by atoms with van der Waals surface area (Å²) in [6.07, 6.45) is 2.45. The van der Waals surface area contributed by atoms with Crippen molar-refractivity contribution in [3.05, 3.63) is 0 Å². The molecule has 4 N–H and O–H groups in total. The van der Waals surface area contributed by atoms with Crippen molar-refractivity contribution >= 4 is 11.9 Å². The lowest BCUT2D eigenvalue weighted by molar-refractivity contribution is -0.140. The average Bonchev–Trinajstić information content (AvgIpc) is 1.99. The highest BCUT2D eigenvalue weighted by Gasteiger charge is 2.39. The lowest BCUT2D eigenvalue weighted by atomic mass is 9.74. The van der Waals surface area contributed by atoms with Crippen molar-refractivity contribution in [3.63, 3.8) is 0 Å². The fourth-order valence-corrected chi connectivity index (χ4v) is 1.59. The number of hydrogen-bond donors (Lipinski definition) is 3. The molecule has 0 atom stereocenters. The molecule has 1 amide bonds. The summed E-state index contributed by atoms with van der Waals surface area (Å²) in [6.45, 7) is -0.0820. The summed E-state index contributed by atoms with van der Waals surface area (Å²) in [4.78, 5) is 21.5. The standard InChI is InChI=1S/C8H14N2O3/c9-5-6(11)10-8(2-1-3-8)4-7(12)13/h1-5,9H2,(H,10,11)(H,12,13). The maximum Gasteiger partial charge on any atom is 0.305 e. The first-order chi connectivity index (χ1) is 6.08. The highest BCUT2D eigenvalue weighted by molar-refractivity contribution is 5.80. The topological polar surface area (TPSA) is 92.4 Å². The van der Waals surface area contributed by atoms with Crippen molar-refractivity contribution < 1.29 is 14.7 Å². The Labute approximate surface area is 76.3 Å². The molecule has 74 valence electrons. The second-order valence-electron chi connectivity index (χ2n) is 3.46. The molecular formula is C8H14N2O3. The third-order valence-electron chi connectivity index (χ3n) is 2.39. The van der Waals surface area contributed by atoms with E-state index in [0.29, 0.717) is 0 Å². The zero-order valence-electron chi connectivity index (χ0n) is 7.38. The molecule has 0 aromatic rings. The van der Waals surface area contributed by atoms with Crippen LogP contribution in [0.2, 0.25) is 0 Å². The molecule has 0 aliphatic heterocycles. The number of aliphatic carboxylic acids is 1. The predicted octanol–water partition coefficient (Wildman–Crippen LogP) is -0.541. The molecule has 13 heavy (non-hydrogen) atoms. The van der Waals surface area contributed by atoms with E-state index in [0.717, 1.165) is 19.3 Å². The van der Waals surface area contributed by atoms with Crippen LogP contribution < -0.4 is 11.1 Å². The zero-order valence-corrected chi connectivity index (χ0v) is 7.38. The SMILES string of the molecule is NCC(=O)NC1(CC(=O)O)CCC1. The Morgan fingerprint density at radius 3 is 2.38 bits per heavy atom. The molecule has 0 bridgehead atoms. The number of carbonyl (C=O) groups excluding carboxylic acids is 1. The largest absolute Gasteiger partial charge is 0.481 e. The number of carbonyl (C=O) groups is 2. The molecule has 0 saturated heterocycles. The Hall–Kier alpha value is -1.10. The third-order valence-corrected chi connectivity index (χ3v) is 2.39. The van der Waals surface area contributed by atoms with Crippen LogP contribution in [-0.4, -0.2) is 29.1 Å². The van der Waals surface area contributed by atoms with Crippen molar-refractivity contribution in [1.29, 1.82) is 0 Å². The highest BCUT2D eigenvalue weighted by Crippen LogP contribution is 2.34. The van der Waals surface area contributed by atoms with E-state index in [4.69, 9.17) is 10.8 Å². The van der Waals surface area contributed by atoms with Crippen LogP contribution >= 0.6 is 0 Å².